The van der Waals surface area contributed by atoms with Crippen molar-refractivity contribution in [1.29, 1.82) is 0 Å². The summed E-state index contributed by atoms with van der Waals surface area (Å²) in [6.07, 6.45) is 0. The molecule has 6 nitrogen and oxygen atoms in total. The van der Waals surface area contributed by atoms with E-state index in [1.807, 2.05) is 25.1 Å². The van der Waals surface area contributed by atoms with Gasteiger partial charge in [0, 0.05) is 7.11 Å². The molecule has 0 aliphatic heterocycles. The minimum absolute atomic E-state index is 0.0104. The van der Waals surface area contributed by atoms with E-state index in [9.17, 15) is 4.79 Å². The first-order valence-corrected chi connectivity index (χ1v) is 7.44. The monoisotopic (exact) mass is 310 g/mol. The Labute approximate surface area is 127 Å². The third kappa shape index (κ3) is 4.66. The van der Waals surface area contributed by atoms with Crippen LogP contribution in [0.3, 0.4) is 0 Å². The number of aromatic nitrogens is 1. The van der Waals surface area contributed by atoms with E-state index in [0.29, 0.717) is 25.0 Å². The van der Waals surface area contributed by atoms with Gasteiger partial charge in [0.25, 0.3) is 5.91 Å². The highest BCUT2D eigenvalue weighted by Crippen LogP contribution is 2.29. The first kappa shape index (κ1) is 15.7. The van der Waals surface area contributed by atoms with Crippen LogP contribution in [0, 0.1) is 0 Å². The van der Waals surface area contributed by atoms with Crippen LogP contribution in [0.5, 0.6) is 5.75 Å². The molecule has 1 aromatic carbocycles. The van der Waals surface area contributed by atoms with Crippen molar-refractivity contribution in [3.8, 4) is 5.75 Å². The van der Waals surface area contributed by atoms with Gasteiger partial charge in [-0.2, -0.15) is 0 Å². The van der Waals surface area contributed by atoms with Gasteiger partial charge in [0.05, 0.1) is 30.0 Å². The zero-order chi connectivity index (χ0) is 15.1. The Morgan fingerprint density at radius 2 is 2.24 bits per heavy atom. The van der Waals surface area contributed by atoms with Crippen molar-refractivity contribution in [2.45, 2.75) is 6.92 Å². The summed E-state index contributed by atoms with van der Waals surface area (Å²) in [5.41, 5.74) is 0.832. The molecule has 1 heterocycles. The summed E-state index contributed by atoms with van der Waals surface area (Å²) in [6, 6.07) is 5.66. The molecule has 2 rings (SSSR count). The molecule has 0 fully saturated rings. The summed E-state index contributed by atoms with van der Waals surface area (Å²) >= 11 is 1.41. The number of nitrogens with zero attached hydrogens (tertiary/aromatic N) is 1. The molecule has 0 bridgehead atoms. The van der Waals surface area contributed by atoms with E-state index in [1.54, 1.807) is 7.11 Å². The second-order valence-electron chi connectivity index (χ2n) is 4.18. The average Bonchev–Trinajstić information content (AvgIpc) is 2.85. The molecular weight excluding hydrogens is 292 g/mol. The number of methoxy groups -OCH3 is 1. The summed E-state index contributed by atoms with van der Waals surface area (Å²) in [7, 11) is 1.58. The van der Waals surface area contributed by atoms with Crippen molar-refractivity contribution >= 4 is 32.6 Å². The van der Waals surface area contributed by atoms with Gasteiger partial charge >= 0.3 is 0 Å². The number of anilines is 1. The predicted molar refractivity (Wildman–Crippen MR) is 82.1 cm³/mol. The SMILES string of the molecule is CCOc1ccc2nc(NC(=O)COCCOC)sc2c1. The van der Waals surface area contributed by atoms with E-state index in [4.69, 9.17) is 14.2 Å². The molecule has 0 unspecified atom stereocenters. The lowest BCUT2D eigenvalue weighted by atomic mass is 10.3. The van der Waals surface area contributed by atoms with Gasteiger partial charge in [-0.05, 0) is 25.1 Å². The maximum Gasteiger partial charge on any atom is 0.252 e. The van der Waals surface area contributed by atoms with E-state index >= 15 is 0 Å². The van der Waals surface area contributed by atoms with Gasteiger partial charge in [-0.15, -0.1) is 0 Å². The van der Waals surface area contributed by atoms with Crippen LogP contribution in [0.2, 0.25) is 0 Å². The highest BCUT2D eigenvalue weighted by atomic mass is 32.1. The molecule has 1 aromatic heterocycles. The summed E-state index contributed by atoms with van der Waals surface area (Å²) in [5, 5.41) is 3.28. The molecule has 1 N–H and O–H groups in total. The minimum atomic E-state index is -0.227. The Morgan fingerprint density at radius 1 is 1.38 bits per heavy atom. The highest BCUT2D eigenvalue weighted by molar-refractivity contribution is 7.22. The Balaban J connectivity index is 1.94. The third-order valence-electron chi connectivity index (χ3n) is 2.58. The average molecular weight is 310 g/mol. The van der Waals surface area contributed by atoms with Crippen LogP contribution in [0.15, 0.2) is 18.2 Å². The molecule has 0 radical (unpaired) electrons. The lowest BCUT2D eigenvalue weighted by Gasteiger charge is -2.02. The number of hydrogen-bond donors (Lipinski definition) is 1. The zero-order valence-corrected chi connectivity index (χ0v) is 12.9. The largest absolute Gasteiger partial charge is 0.494 e. The Morgan fingerprint density at radius 3 is 3.00 bits per heavy atom. The molecule has 0 atom stereocenters. The van der Waals surface area contributed by atoms with Crippen molar-refractivity contribution in [2.75, 3.05) is 38.9 Å². The maximum absolute atomic E-state index is 11.7. The number of carbonyl (C=O) groups is 1. The molecule has 0 aliphatic rings. The van der Waals surface area contributed by atoms with Crippen LogP contribution < -0.4 is 10.1 Å². The molecule has 2 aromatic rings. The van der Waals surface area contributed by atoms with Crippen molar-refractivity contribution < 1.29 is 19.0 Å². The van der Waals surface area contributed by atoms with Crippen LogP contribution in [0.4, 0.5) is 5.13 Å². The molecule has 0 aliphatic carbocycles. The van der Waals surface area contributed by atoms with E-state index in [-0.39, 0.29) is 12.5 Å². The molecular formula is C14H18N2O4S. The molecule has 0 saturated heterocycles. The number of nitrogens with one attached hydrogen (secondary N) is 1. The lowest BCUT2D eigenvalue weighted by molar-refractivity contribution is -0.121. The van der Waals surface area contributed by atoms with Crippen LogP contribution in [0.1, 0.15) is 6.92 Å². The van der Waals surface area contributed by atoms with Gasteiger partial charge in [-0.1, -0.05) is 11.3 Å². The molecule has 7 heteroatoms. The number of ether oxygens (including phenoxy) is 3. The quantitative estimate of drug-likeness (QED) is 0.758. The van der Waals surface area contributed by atoms with E-state index < -0.39 is 0 Å². The number of hydrogen-bond acceptors (Lipinski definition) is 6. The summed E-state index contributed by atoms with van der Waals surface area (Å²) in [4.78, 5) is 16.0. The topological polar surface area (TPSA) is 69.7 Å². The Bertz CT molecular complexity index is 600. The van der Waals surface area contributed by atoms with Crippen LogP contribution in [-0.4, -0.2) is 44.4 Å². The smallest absolute Gasteiger partial charge is 0.252 e. The summed E-state index contributed by atoms with van der Waals surface area (Å²) in [5.74, 6) is 0.574. The van der Waals surface area contributed by atoms with Crippen LogP contribution >= 0.6 is 11.3 Å². The molecule has 0 spiro atoms. The van der Waals surface area contributed by atoms with Crippen molar-refractivity contribution in [3.63, 3.8) is 0 Å². The molecule has 0 saturated carbocycles. The number of rotatable bonds is 8. The fourth-order valence-corrected chi connectivity index (χ4v) is 2.59. The summed E-state index contributed by atoms with van der Waals surface area (Å²) in [6.45, 7) is 3.40. The van der Waals surface area contributed by atoms with Gasteiger partial charge in [0.1, 0.15) is 12.4 Å². The van der Waals surface area contributed by atoms with E-state index in [2.05, 4.69) is 10.3 Å². The lowest BCUT2D eigenvalue weighted by Crippen LogP contribution is -2.19. The Kier molecular flexibility index (Phi) is 5.91. The standard InChI is InChI=1S/C14H18N2O4S/c1-3-20-10-4-5-11-12(8-10)21-14(15-11)16-13(17)9-19-7-6-18-2/h4-5,8H,3,6-7,9H2,1-2H3,(H,15,16,17). The third-order valence-corrected chi connectivity index (χ3v) is 3.52. The molecule has 21 heavy (non-hydrogen) atoms. The van der Waals surface area contributed by atoms with Gasteiger partial charge in [0.2, 0.25) is 0 Å². The van der Waals surface area contributed by atoms with Crippen molar-refractivity contribution in [2.24, 2.45) is 0 Å². The number of carbonyl (C=O) groups excluding carboxylic acids is 1. The van der Waals surface area contributed by atoms with E-state index in [1.165, 1.54) is 11.3 Å². The predicted octanol–water partition coefficient (Wildman–Crippen LogP) is 2.30. The first-order chi connectivity index (χ1) is 10.2. The van der Waals surface area contributed by atoms with Gasteiger partial charge in [-0.25, -0.2) is 4.98 Å². The number of benzene rings is 1. The Hall–Kier alpha value is -1.70. The molecule has 114 valence electrons. The summed E-state index contributed by atoms with van der Waals surface area (Å²) < 4.78 is 16.4. The zero-order valence-electron chi connectivity index (χ0n) is 12.0. The van der Waals surface area contributed by atoms with Crippen molar-refractivity contribution in [3.05, 3.63) is 18.2 Å². The minimum Gasteiger partial charge on any atom is -0.494 e. The maximum atomic E-state index is 11.7. The highest BCUT2D eigenvalue weighted by Gasteiger charge is 2.08. The molecule has 1 amide bonds. The van der Waals surface area contributed by atoms with Crippen molar-refractivity contribution in [1.82, 2.24) is 4.98 Å². The number of fused-ring (bicyclic) bond motifs is 1. The number of amides is 1. The van der Waals surface area contributed by atoms with Gasteiger partial charge in [0.15, 0.2) is 5.13 Å². The van der Waals surface area contributed by atoms with Crippen LogP contribution in [-0.2, 0) is 14.3 Å². The van der Waals surface area contributed by atoms with Gasteiger partial charge in [-0.3, -0.25) is 10.1 Å². The van der Waals surface area contributed by atoms with Crippen LogP contribution in [0.25, 0.3) is 10.2 Å². The second-order valence-corrected chi connectivity index (χ2v) is 5.21. The second kappa shape index (κ2) is 7.92. The van der Waals surface area contributed by atoms with Gasteiger partial charge < -0.3 is 14.2 Å². The fourth-order valence-electron chi connectivity index (χ4n) is 1.68. The first-order valence-electron chi connectivity index (χ1n) is 6.63. The number of thiazole rings is 1. The fraction of sp³-hybridized carbons (Fsp3) is 0.429. The van der Waals surface area contributed by atoms with E-state index in [0.717, 1.165) is 16.0 Å². The normalized spacial score (nSPS) is 10.8.